The third-order valence-corrected chi connectivity index (χ3v) is 3.94. The maximum Gasteiger partial charge on any atom is 0.160 e. The molecule has 2 aromatic heterocycles. The molecule has 0 fully saturated rings. The van der Waals surface area contributed by atoms with Crippen molar-refractivity contribution < 1.29 is 0 Å². The van der Waals surface area contributed by atoms with Crippen molar-refractivity contribution in [3.05, 3.63) is 22.6 Å². The van der Waals surface area contributed by atoms with Gasteiger partial charge in [0.15, 0.2) is 5.65 Å². The Morgan fingerprint density at radius 3 is 2.74 bits per heavy atom. The third-order valence-electron chi connectivity index (χ3n) is 3.31. The summed E-state index contributed by atoms with van der Waals surface area (Å²) in [5.41, 5.74) is 1.76. The molecular formula is C14H19BrClN3. The molecule has 104 valence electrons. The van der Waals surface area contributed by atoms with E-state index in [1.54, 1.807) is 0 Å². The molecule has 0 spiro atoms. The maximum atomic E-state index is 6.30. The van der Waals surface area contributed by atoms with Gasteiger partial charge in [-0.3, -0.25) is 0 Å². The summed E-state index contributed by atoms with van der Waals surface area (Å²) < 4.78 is 3.13. The lowest BCUT2D eigenvalue weighted by atomic mass is 9.98. The molecule has 0 amide bonds. The van der Waals surface area contributed by atoms with Gasteiger partial charge in [0.1, 0.15) is 11.3 Å². The van der Waals surface area contributed by atoms with Crippen LogP contribution in [-0.2, 0) is 5.54 Å². The highest BCUT2D eigenvalue weighted by Crippen LogP contribution is 2.33. The van der Waals surface area contributed by atoms with Crippen LogP contribution in [0.4, 0.5) is 0 Å². The van der Waals surface area contributed by atoms with Crippen LogP contribution in [0, 0.1) is 0 Å². The van der Waals surface area contributed by atoms with Crippen LogP contribution >= 0.6 is 27.5 Å². The van der Waals surface area contributed by atoms with Gasteiger partial charge in [-0.15, -0.1) is 11.6 Å². The van der Waals surface area contributed by atoms with Gasteiger partial charge in [0, 0.05) is 16.2 Å². The number of imidazole rings is 1. The maximum absolute atomic E-state index is 6.30. The van der Waals surface area contributed by atoms with Crippen LogP contribution in [0.5, 0.6) is 0 Å². The largest absolute Gasteiger partial charge is 0.306 e. The van der Waals surface area contributed by atoms with Crippen LogP contribution in [0.25, 0.3) is 11.2 Å². The fourth-order valence-electron chi connectivity index (χ4n) is 2.55. The molecule has 0 aromatic carbocycles. The average molecular weight is 345 g/mol. The van der Waals surface area contributed by atoms with Gasteiger partial charge in [-0.05, 0) is 49.2 Å². The number of alkyl halides is 1. The van der Waals surface area contributed by atoms with Crippen molar-refractivity contribution in [2.24, 2.45) is 0 Å². The van der Waals surface area contributed by atoms with E-state index in [2.05, 4.69) is 51.2 Å². The monoisotopic (exact) mass is 343 g/mol. The molecule has 2 aromatic rings. The van der Waals surface area contributed by atoms with Crippen molar-refractivity contribution in [2.45, 2.75) is 51.5 Å². The number of rotatable bonds is 4. The quantitative estimate of drug-likeness (QED) is 0.728. The van der Waals surface area contributed by atoms with Gasteiger partial charge in [-0.1, -0.05) is 13.3 Å². The molecule has 2 rings (SSSR count). The minimum atomic E-state index is -0.135. The molecule has 3 nitrogen and oxygen atoms in total. The molecule has 1 unspecified atom stereocenters. The zero-order valence-corrected chi connectivity index (χ0v) is 14.1. The highest BCUT2D eigenvalue weighted by molar-refractivity contribution is 9.10. The topological polar surface area (TPSA) is 30.7 Å². The summed E-state index contributed by atoms with van der Waals surface area (Å²) in [6.45, 7) is 8.57. The van der Waals surface area contributed by atoms with Crippen LogP contribution < -0.4 is 0 Å². The first-order chi connectivity index (χ1) is 8.86. The average Bonchev–Trinajstić information content (AvgIpc) is 2.67. The number of nitrogens with zero attached hydrogens (tertiary/aromatic N) is 3. The first-order valence-electron chi connectivity index (χ1n) is 6.55. The first kappa shape index (κ1) is 14.8. The van der Waals surface area contributed by atoms with Crippen LogP contribution in [0.15, 0.2) is 16.7 Å². The standard InChI is InChI=1S/C14H19BrClN3/c1-5-6-14(3,4)19-12(9(2)16)18-11-7-10(15)8-17-13(11)19/h7-9H,5-6H2,1-4H3. The molecule has 2 heterocycles. The van der Waals surface area contributed by atoms with E-state index in [-0.39, 0.29) is 10.9 Å². The molecule has 0 saturated carbocycles. The Morgan fingerprint density at radius 2 is 2.16 bits per heavy atom. The predicted molar refractivity (Wildman–Crippen MR) is 83.7 cm³/mol. The van der Waals surface area contributed by atoms with E-state index in [0.29, 0.717) is 0 Å². The number of aromatic nitrogens is 3. The van der Waals surface area contributed by atoms with E-state index in [9.17, 15) is 0 Å². The van der Waals surface area contributed by atoms with Gasteiger partial charge in [0.25, 0.3) is 0 Å². The summed E-state index contributed by atoms with van der Waals surface area (Å²) in [5, 5.41) is -0.135. The molecule has 0 saturated heterocycles. The zero-order valence-electron chi connectivity index (χ0n) is 11.7. The second kappa shape index (κ2) is 5.41. The van der Waals surface area contributed by atoms with E-state index in [1.807, 2.05) is 19.2 Å². The number of hydrogen-bond acceptors (Lipinski definition) is 2. The minimum absolute atomic E-state index is 0.0389. The van der Waals surface area contributed by atoms with Crippen molar-refractivity contribution >= 4 is 38.7 Å². The SMILES string of the molecule is CCCC(C)(C)n1c(C(C)Cl)nc2cc(Br)cnc21. The predicted octanol–water partition coefficient (Wildman–Crippen LogP) is 5.03. The summed E-state index contributed by atoms with van der Waals surface area (Å²) in [4.78, 5) is 9.19. The van der Waals surface area contributed by atoms with Crippen LogP contribution in [-0.4, -0.2) is 14.5 Å². The lowest BCUT2D eigenvalue weighted by Crippen LogP contribution is -2.28. The van der Waals surface area contributed by atoms with Crippen LogP contribution in [0.3, 0.4) is 0 Å². The number of hydrogen-bond donors (Lipinski definition) is 0. The Bertz CT molecular complexity index is 590. The van der Waals surface area contributed by atoms with E-state index in [4.69, 9.17) is 11.6 Å². The summed E-state index contributed by atoms with van der Waals surface area (Å²) in [5.74, 6) is 0.890. The van der Waals surface area contributed by atoms with Crippen molar-refractivity contribution in [2.75, 3.05) is 0 Å². The van der Waals surface area contributed by atoms with Gasteiger partial charge in [-0.25, -0.2) is 9.97 Å². The lowest BCUT2D eigenvalue weighted by Gasteiger charge is -2.29. The molecule has 5 heteroatoms. The smallest absolute Gasteiger partial charge is 0.160 e. The Kier molecular flexibility index (Phi) is 4.21. The molecule has 0 aliphatic heterocycles. The minimum Gasteiger partial charge on any atom is -0.306 e. The summed E-state index contributed by atoms with van der Waals surface area (Å²) in [6.07, 6.45) is 3.98. The second-order valence-electron chi connectivity index (χ2n) is 5.48. The third kappa shape index (κ3) is 2.79. The highest BCUT2D eigenvalue weighted by Gasteiger charge is 2.27. The van der Waals surface area contributed by atoms with Crippen molar-refractivity contribution in [1.82, 2.24) is 14.5 Å². The molecule has 0 N–H and O–H groups in total. The fourth-order valence-corrected chi connectivity index (χ4v) is 3.01. The second-order valence-corrected chi connectivity index (χ2v) is 7.05. The van der Waals surface area contributed by atoms with Gasteiger partial charge in [-0.2, -0.15) is 0 Å². The molecule has 0 aliphatic carbocycles. The fraction of sp³-hybridized carbons (Fsp3) is 0.571. The van der Waals surface area contributed by atoms with Crippen molar-refractivity contribution in [3.8, 4) is 0 Å². The Hall–Kier alpha value is -0.610. The highest BCUT2D eigenvalue weighted by atomic mass is 79.9. The summed E-state index contributed by atoms with van der Waals surface area (Å²) in [6, 6.07) is 1.99. The van der Waals surface area contributed by atoms with Crippen molar-refractivity contribution in [3.63, 3.8) is 0 Å². The van der Waals surface area contributed by atoms with Crippen molar-refractivity contribution in [1.29, 1.82) is 0 Å². The zero-order chi connectivity index (χ0) is 14.2. The van der Waals surface area contributed by atoms with Crippen LogP contribution in [0.2, 0.25) is 0 Å². The molecule has 1 atom stereocenters. The Morgan fingerprint density at radius 1 is 1.47 bits per heavy atom. The van der Waals surface area contributed by atoms with Gasteiger partial charge in [0.05, 0.1) is 5.38 Å². The lowest BCUT2D eigenvalue weighted by molar-refractivity contribution is 0.322. The van der Waals surface area contributed by atoms with Gasteiger partial charge >= 0.3 is 0 Å². The Balaban J connectivity index is 2.72. The molecule has 0 aliphatic rings. The number of pyridine rings is 1. The van der Waals surface area contributed by atoms with E-state index < -0.39 is 0 Å². The number of halogens is 2. The normalized spacial score (nSPS) is 14.0. The van der Waals surface area contributed by atoms with E-state index in [1.165, 1.54) is 0 Å². The van der Waals surface area contributed by atoms with E-state index in [0.717, 1.165) is 34.3 Å². The van der Waals surface area contributed by atoms with Crippen LogP contribution in [0.1, 0.15) is 51.7 Å². The summed E-state index contributed by atoms with van der Waals surface area (Å²) in [7, 11) is 0. The van der Waals surface area contributed by atoms with E-state index >= 15 is 0 Å². The molecule has 0 bridgehead atoms. The molecule has 0 radical (unpaired) electrons. The summed E-state index contributed by atoms with van der Waals surface area (Å²) >= 11 is 9.74. The Labute approximate surface area is 127 Å². The first-order valence-corrected chi connectivity index (χ1v) is 7.78. The van der Waals surface area contributed by atoms with Gasteiger partial charge < -0.3 is 4.57 Å². The molecular weight excluding hydrogens is 326 g/mol. The van der Waals surface area contributed by atoms with Gasteiger partial charge in [0.2, 0.25) is 0 Å². The molecule has 19 heavy (non-hydrogen) atoms. The number of fused-ring (bicyclic) bond motifs is 1.